The number of aliphatic hydroxyl groups is 1. The molecular formula is C19H20N2O5. The summed E-state index contributed by atoms with van der Waals surface area (Å²) in [5.74, 6) is 0.599. The number of anilines is 1. The molecule has 0 spiro atoms. The third-order valence-corrected chi connectivity index (χ3v) is 4.45. The number of ether oxygens (including phenoxy) is 3. The van der Waals surface area contributed by atoms with E-state index in [2.05, 4.69) is 10.6 Å². The van der Waals surface area contributed by atoms with Gasteiger partial charge in [0, 0.05) is 5.69 Å². The molecule has 2 heterocycles. The molecule has 2 bridgehead atoms. The number of amides is 2. The smallest absolute Gasteiger partial charge is 0.319 e. The van der Waals surface area contributed by atoms with E-state index in [9.17, 15) is 9.90 Å². The third kappa shape index (κ3) is 3.50. The van der Waals surface area contributed by atoms with Gasteiger partial charge in [0.2, 0.25) is 0 Å². The number of benzene rings is 2. The molecule has 5 atom stereocenters. The number of fused-ring (bicyclic) bond motifs is 2. The van der Waals surface area contributed by atoms with Crippen molar-refractivity contribution in [3.63, 3.8) is 0 Å². The number of carbonyl (C=O) groups is 1. The van der Waals surface area contributed by atoms with Crippen LogP contribution in [0.5, 0.6) is 5.75 Å². The highest BCUT2D eigenvalue weighted by Crippen LogP contribution is 2.31. The van der Waals surface area contributed by atoms with Crippen molar-refractivity contribution < 1.29 is 24.1 Å². The zero-order valence-corrected chi connectivity index (χ0v) is 13.9. The Kier molecular flexibility index (Phi) is 4.75. The van der Waals surface area contributed by atoms with Crippen LogP contribution in [0, 0.1) is 0 Å². The van der Waals surface area contributed by atoms with E-state index in [-0.39, 0.29) is 6.61 Å². The largest absolute Gasteiger partial charge is 0.482 e. The van der Waals surface area contributed by atoms with Gasteiger partial charge in [-0.1, -0.05) is 36.4 Å². The fourth-order valence-electron chi connectivity index (χ4n) is 3.19. The first-order valence-electron chi connectivity index (χ1n) is 8.50. The Morgan fingerprint density at radius 1 is 1.08 bits per heavy atom. The van der Waals surface area contributed by atoms with Crippen molar-refractivity contribution >= 4 is 11.7 Å². The summed E-state index contributed by atoms with van der Waals surface area (Å²) in [4.78, 5) is 12.3. The van der Waals surface area contributed by atoms with Crippen LogP contribution in [0.2, 0.25) is 0 Å². The lowest BCUT2D eigenvalue weighted by Gasteiger charge is -2.38. The summed E-state index contributed by atoms with van der Waals surface area (Å²) in [6, 6.07) is 17.1. The maximum Gasteiger partial charge on any atom is 0.319 e. The van der Waals surface area contributed by atoms with Gasteiger partial charge in [-0.2, -0.15) is 0 Å². The first-order valence-corrected chi connectivity index (χ1v) is 8.50. The summed E-state index contributed by atoms with van der Waals surface area (Å²) in [6.45, 7) is 0.284. The summed E-state index contributed by atoms with van der Waals surface area (Å²) in [7, 11) is 0. The molecule has 2 saturated heterocycles. The summed E-state index contributed by atoms with van der Waals surface area (Å²) in [5, 5.41) is 16.3. The van der Waals surface area contributed by atoms with Gasteiger partial charge in [0.15, 0.2) is 12.4 Å². The number of nitrogens with one attached hydrogen (secondary N) is 2. The van der Waals surface area contributed by atoms with Gasteiger partial charge in [-0.05, 0) is 24.3 Å². The molecule has 5 unspecified atom stereocenters. The molecule has 136 valence electrons. The number of carbonyl (C=O) groups excluding carboxylic acids is 1. The van der Waals surface area contributed by atoms with Crippen LogP contribution in [-0.4, -0.2) is 48.4 Å². The first-order chi connectivity index (χ1) is 12.7. The normalized spacial score (nSPS) is 29.8. The van der Waals surface area contributed by atoms with E-state index < -0.39 is 36.7 Å². The zero-order valence-electron chi connectivity index (χ0n) is 13.9. The number of rotatable bonds is 4. The Morgan fingerprint density at radius 2 is 1.77 bits per heavy atom. The second kappa shape index (κ2) is 7.33. The highest BCUT2D eigenvalue weighted by molar-refractivity contribution is 5.89. The summed E-state index contributed by atoms with van der Waals surface area (Å²) in [5.41, 5.74) is 0.661. The number of hydrogen-bond donors (Lipinski definition) is 3. The van der Waals surface area contributed by atoms with E-state index in [1.54, 1.807) is 24.3 Å². The number of urea groups is 1. The van der Waals surface area contributed by atoms with Crippen molar-refractivity contribution in [3.8, 4) is 5.75 Å². The van der Waals surface area contributed by atoms with Crippen LogP contribution in [0.3, 0.4) is 0 Å². The molecule has 3 N–H and O–H groups in total. The van der Waals surface area contributed by atoms with Gasteiger partial charge in [0.05, 0.1) is 12.6 Å². The van der Waals surface area contributed by atoms with E-state index >= 15 is 0 Å². The molecule has 2 aliphatic rings. The number of aliphatic hydroxyl groups excluding tert-OH is 1. The van der Waals surface area contributed by atoms with Gasteiger partial charge >= 0.3 is 6.03 Å². The standard InChI is InChI=1S/C19H20N2O5/c22-16-15(21-19(23)20-12-7-3-1-4-8-12)14-11-24-18(26-14)17(16)25-13-9-5-2-6-10-13/h1-10,14-18,22H,11H2,(H2,20,21,23). The fraction of sp³-hybridized carbons (Fsp3) is 0.316. The fourth-order valence-corrected chi connectivity index (χ4v) is 3.19. The van der Waals surface area contributed by atoms with Crippen LogP contribution in [0.4, 0.5) is 10.5 Å². The molecule has 7 heteroatoms. The Hall–Kier alpha value is -2.61. The Labute approximate surface area is 150 Å². The molecule has 7 nitrogen and oxygen atoms in total. The molecule has 0 aromatic heterocycles. The van der Waals surface area contributed by atoms with Crippen molar-refractivity contribution in [3.05, 3.63) is 60.7 Å². The monoisotopic (exact) mass is 356 g/mol. The molecule has 0 aliphatic carbocycles. The van der Waals surface area contributed by atoms with Crippen LogP contribution < -0.4 is 15.4 Å². The van der Waals surface area contributed by atoms with E-state index in [0.29, 0.717) is 11.4 Å². The molecular weight excluding hydrogens is 336 g/mol. The molecule has 4 rings (SSSR count). The third-order valence-electron chi connectivity index (χ3n) is 4.45. The molecule has 2 aliphatic heterocycles. The van der Waals surface area contributed by atoms with Crippen LogP contribution in [-0.2, 0) is 9.47 Å². The van der Waals surface area contributed by atoms with E-state index in [0.717, 1.165) is 0 Å². The van der Waals surface area contributed by atoms with Crippen molar-refractivity contribution in [2.75, 3.05) is 11.9 Å². The molecule has 2 fully saturated rings. The van der Waals surface area contributed by atoms with E-state index in [1.807, 2.05) is 36.4 Å². The summed E-state index contributed by atoms with van der Waals surface area (Å²) < 4.78 is 17.2. The van der Waals surface area contributed by atoms with Gasteiger partial charge in [-0.15, -0.1) is 0 Å². The van der Waals surface area contributed by atoms with Gasteiger partial charge in [-0.25, -0.2) is 4.79 Å². The second-order valence-electron chi connectivity index (χ2n) is 6.25. The minimum atomic E-state index is -0.969. The molecule has 0 radical (unpaired) electrons. The lowest BCUT2D eigenvalue weighted by atomic mass is 9.98. The lowest BCUT2D eigenvalue weighted by Crippen LogP contribution is -2.62. The summed E-state index contributed by atoms with van der Waals surface area (Å²) >= 11 is 0. The summed E-state index contributed by atoms with van der Waals surface area (Å²) in [6.07, 6.45) is -2.79. The molecule has 0 saturated carbocycles. The van der Waals surface area contributed by atoms with Crippen LogP contribution in [0.1, 0.15) is 0 Å². The van der Waals surface area contributed by atoms with Crippen molar-refractivity contribution in [2.45, 2.75) is 30.6 Å². The van der Waals surface area contributed by atoms with Crippen LogP contribution in [0.15, 0.2) is 60.7 Å². The van der Waals surface area contributed by atoms with E-state index in [1.165, 1.54) is 0 Å². The number of para-hydroxylation sites is 2. The van der Waals surface area contributed by atoms with E-state index in [4.69, 9.17) is 14.2 Å². The molecule has 2 aromatic rings. The average molecular weight is 356 g/mol. The van der Waals surface area contributed by atoms with Gasteiger partial charge in [0.25, 0.3) is 0 Å². The Balaban J connectivity index is 1.44. The maximum absolute atomic E-state index is 12.3. The predicted molar refractivity (Wildman–Crippen MR) is 93.9 cm³/mol. The topological polar surface area (TPSA) is 89.1 Å². The predicted octanol–water partition coefficient (Wildman–Crippen LogP) is 1.74. The Morgan fingerprint density at radius 3 is 2.50 bits per heavy atom. The molecule has 2 aromatic carbocycles. The zero-order chi connectivity index (χ0) is 17.9. The van der Waals surface area contributed by atoms with Crippen molar-refractivity contribution in [1.82, 2.24) is 5.32 Å². The second-order valence-corrected chi connectivity index (χ2v) is 6.25. The molecule has 26 heavy (non-hydrogen) atoms. The minimum Gasteiger partial charge on any atom is -0.482 e. The van der Waals surface area contributed by atoms with Gasteiger partial charge in [0.1, 0.15) is 18.0 Å². The van der Waals surface area contributed by atoms with Crippen LogP contribution >= 0.6 is 0 Å². The average Bonchev–Trinajstić information content (AvgIpc) is 3.10. The SMILES string of the molecule is O=C(Nc1ccccc1)NC1C2COC(O2)C(Oc2ccccc2)C1O. The molecule has 2 amide bonds. The number of hydrogen-bond acceptors (Lipinski definition) is 5. The van der Waals surface area contributed by atoms with Gasteiger partial charge in [-0.3, -0.25) is 0 Å². The highest BCUT2D eigenvalue weighted by Gasteiger charge is 2.52. The van der Waals surface area contributed by atoms with Crippen LogP contribution in [0.25, 0.3) is 0 Å². The Bertz CT molecular complexity index is 742. The van der Waals surface area contributed by atoms with Crippen molar-refractivity contribution in [2.24, 2.45) is 0 Å². The van der Waals surface area contributed by atoms with Gasteiger partial charge < -0.3 is 30.0 Å². The highest BCUT2D eigenvalue weighted by atomic mass is 16.7. The maximum atomic E-state index is 12.3. The quantitative estimate of drug-likeness (QED) is 0.777. The first kappa shape index (κ1) is 16.8. The van der Waals surface area contributed by atoms with Crippen molar-refractivity contribution in [1.29, 1.82) is 0 Å². The lowest BCUT2D eigenvalue weighted by molar-refractivity contribution is -0.192. The minimum absolute atomic E-state index is 0.284.